The maximum atomic E-state index is 5.99. The number of anilines is 2. The molecular weight excluding hydrogens is 266 g/mol. The fourth-order valence-electron chi connectivity index (χ4n) is 2.50. The van der Waals surface area contributed by atoms with Crippen LogP contribution in [-0.4, -0.2) is 47.3 Å². The highest BCUT2D eigenvalue weighted by atomic mass is 35.5. The first-order chi connectivity index (χ1) is 9.31. The predicted molar refractivity (Wildman–Crippen MR) is 73.7 cm³/mol. The summed E-state index contributed by atoms with van der Waals surface area (Å²) in [5.41, 5.74) is 0. The van der Waals surface area contributed by atoms with Crippen LogP contribution < -0.4 is 10.2 Å². The van der Waals surface area contributed by atoms with E-state index in [0.717, 1.165) is 32.5 Å². The molecule has 0 saturated carbocycles. The zero-order valence-corrected chi connectivity index (χ0v) is 11.6. The molecule has 0 spiro atoms. The Balaban J connectivity index is 1.73. The molecule has 0 aromatic carbocycles. The Morgan fingerprint density at radius 3 is 2.74 bits per heavy atom. The van der Waals surface area contributed by atoms with Crippen LogP contribution in [0.1, 0.15) is 25.7 Å². The van der Waals surface area contributed by atoms with Gasteiger partial charge >= 0.3 is 0 Å². The second kappa shape index (κ2) is 5.88. The Morgan fingerprint density at radius 1 is 1.16 bits per heavy atom. The van der Waals surface area contributed by atoms with Crippen molar-refractivity contribution in [2.45, 2.75) is 31.7 Å². The molecule has 104 valence electrons. The summed E-state index contributed by atoms with van der Waals surface area (Å²) in [6.07, 6.45) is 4.50. The molecular formula is C12H18ClN5O. The van der Waals surface area contributed by atoms with Crippen LogP contribution in [0.25, 0.3) is 0 Å². The number of halogens is 1. The van der Waals surface area contributed by atoms with Crippen LogP contribution in [0.2, 0.25) is 5.28 Å². The van der Waals surface area contributed by atoms with Gasteiger partial charge in [-0.2, -0.15) is 15.0 Å². The molecule has 2 aliphatic heterocycles. The largest absolute Gasteiger partial charge is 0.379 e. The first-order valence-corrected chi connectivity index (χ1v) is 7.20. The van der Waals surface area contributed by atoms with Gasteiger partial charge in [-0.3, -0.25) is 0 Å². The number of aromatic nitrogens is 3. The lowest BCUT2D eigenvalue weighted by Gasteiger charge is -2.23. The minimum Gasteiger partial charge on any atom is -0.379 e. The molecule has 1 aromatic rings. The van der Waals surface area contributed by atoms with Gasteiger partial charge in [0.05, 0.1) is 12.6 Å². The van der Waals surface area contributed by atoms with Crippen LogP contribution in [-0.2, 0) is 4.74 Å². The molecule has 0 aliphatic carbocycles. The first-order valence-electron chi connectivity index (χ1n) is 6.82. The molecule has 2 saturated heterocycles. The van der Waals surface area contributed by atoms with Crippen molar-refractivity contribution in [2.75, 3.05) is 36.5 Å². The van der Waals surface area contributed by atoms with Crippen molar-refractivity contribution in [2.24, 2.45) is 0 Å². The summed E-state index contributed by atoms with van der Waals surface area (Å²) in [6.45, 7) is 3.52. The average molecular weight is 284 g/mol. The predicted octanol–water partition coefficient (Wildman–Crippen LogP) is 1.72. The van der Waals surface area contributed by atoms with Gasteiger partial charge in [-0.15, -0.1) is 0 Å². The van der Waals surface area contributed by atoms with E-state index in [1.807, 2.05) is 0 Å². The van der Waals surface area contributed by atoms with E-state index in [0.29, 0.717) is 18.5 Å². The van der Waals surface area contributed by atoms with Gasteiger partial charge in [0.25, 0.3) is 0 Å². The van der Waals surface area contributed by atoms with Crippen LogP contribution in [0.15, 0.2) is 0 Å². The van der Waals surface area contributed by atoms with E-state index in [1.165, 1.54) is 12.8 Å². The molecule has 1 aromatic heterocycles. The van der Waals surface area contributed by atoms with Crippen LogP contribution in [0.4, 0.5) is 11.9 Å². The van der Waals surface area contributed by atoms with E-state index in [1.54, 1.807) is 0 Å². The van der Waals surface area contributed by atoms with Crippen molar-refractivity contribution in [3.8, 4) is 0 Å². The number of hydrogen-bond acceptors (Lipinski definition) is 6. The number of nitrogens with zero attached hydrogens (tertiary/aromatic N) is 4. The molecule has 0 radical (unpaired) electrons. The van der Waals surface area contributed by atoms with Crippen LogP contribution in [0.5, 0.6) is 0 Å². The Bertz CT molecular complexity index is 432. The summed E-state index contributed by atoms with van der Waals surface area (Å²) in [5.74, 6) is 1.23. The summed E-state index contributed by atoms with van der Waals surface area (Å²) in [6, 6.07) is 0.263. The van der Waals surface area contributed by atoms with Crippen molar-refractivity contribution < 1.29 is 4.74 Å². The van der Waals surface area contributed by atoms with E-state index in [2.05, 4.69) is 25.2 Å². The van der Waals surface area contributed by atoms with Crippen LogP contribution in [0, 0.1) is 0 Å². The van der Waals surface area contributed by atoms with Gasteiger partial charge in [-0.25, -0.2) is 0 Å². The monoisotopic (exact) mass is 283 g/mol. The number of rotatable bonds is 3. The number of nitrogens with one attached hydrogen (secondary N) is 1. The fourth-order valence-corrected chi connectivity index (χ4v) is 2.66. The number of hydrogen-bond donors (Lipinski definition) is 1. The highest BCUT2D eigenvalue weighted by Crippen LogP contribution is 2.19. The van der Waals surface area contributed by atoms with E-state index in [9.17, 15) is 0 Å². The Hall–Kier alpha value is -1.14. The quantitative estimate of drug-likeness (QED) is 0.911. The van der Waals surface area contributed by atoms with E-state index < -0.39 is 0 Å². The molecule has 3 heterocycles. The standard InChI is InChI=1S/C12H18ClN5O/c13-10-15-11(14-9-4-3-7-19-8-9)17-12(16-10)18-5-1-2-6-18/h9H,1-8H2,(H,14,15,16,17). The summed E-state index contributed by atoms with van der Waals surface area (Å²) >= 11 is 5.99. The van der Waals surface area contributed by atoms with Crippen molar-refractivity contribution in [3.63, 3.8) is 0 Å². The normalized spacial score (nSPS) is 23.6. The molecule has 19 heavy (non-hydrogen) atoms. The van der Waals surface area contributed by atoms with Crippen molar-refractivity contribution in [1.82, 2.24) is 15.0 Å². The average Bonchev–Trinajstić information content (AvgIpc) is 2.93. The molecule has 2 aliphatic rings. The lowest BCUT2D eigenvalue weighted by atomic mass is 10.1. The topological polar surface area (TPSA) is 63.2 Å². The van der Waals surface area contributed by atoms with Gasteiger partial charge in [-0.1, -0.05) is 0 Å². The highest BCUT2D eigenvalue weighted by Gasteiger charge is 2.19. The summed E-state index contributed by atoms with van der Waals surface area (Å²) < 4.78 is 5.44. The van der Waals surface area contributed by atoms with Crippen LogP contribution in [0.3, 0.4) is 0 Å². The molecule has 6 nitrogen and oxygen atoms in total. The van der Waals surface area contributed by atoms with E-state index in [4.69, 9.17) is 16.3 Å². The third kappa shape index (κ3) is 3.25. The summed E-state index contributed by atoms with van der Waals surface area (Å²) in [4.78, 5) is 15.0. The second-order valence-electron chi connectivity index (χ2n) is 4.98. The Labute approximate surface area is 117 Å². The smallest absolute Gasteiger partial charge is 0.231 e. The third-order valence-corrected chi connectivity index (χ3v) is 3.65. The molecule has 1 unspecified atom stereocenters. The van der Waals surface area contributed by atoms with Gasteiger partial charge in [0.15, 0.2) is 0 Å². The van der Waals surface area contributed by atoms with Crippen LogP contribution >= 0.6 is 11.6 Å². The Kier molecular flexibility index (Phi) is 3.98. The molecule has 3 rings (SSSR count). The fraction of sp³-hybridized carbons (Fsp3) is 0.750. The van der Waals surface area contributed by atoms with Crippen molar-refractivity contribution in [1.29, 1.82) is 0 Å². The lowest BCUT2D eigenvalue weighted by molar-refractivity contribution is 0.0874. The minimum atomic E-state index is 0.246. The number of ether oxygens (including phenoxy) is 1. The molecule has 2 fully saturated rings. The third-order valence-electron chi connectivity index (χ3n) is 3.48. The van der Waals surface area contributed by atoms with Crippen molar-refractivity contribution in [3.05, 3.63) is 5.28 Å². The SMILES string of the molecule is Clc1nc(NC2CCCOC2)nc(N2CCCC2)n1. The molecule has 1 N–H and O–H groups in total. The molecule has 1 atom stereocenters. The van der Waals surface area contributed by atoms with E-state index in [-0.39, 0.29) is 11.3 Å². The summed E-state index contributed by atoms with van der Waals surface area (Å²) in [7, 11) is 0. The van der Waals surface area contributed by atoms with Gasteiger partial charge < -0.3 is 15.0 Å². The maximum absolute atomic E-state index is 5.99. The maximum Gasteiger partial charge on any atom is 0.231 e. The van der Waals surface area contributed by atoms with Gasteiger partial charge in [0.2, 0.25) is 17.2 Å². The second-order valence-corrected chi connectivity index (χ2v) is 5.32. The Morgan fingerprint density at radius 2 is 2.00 bits per heavy atom. The molecule has 0 amide bonds. The zero-order chi connectivity index (χ0) is 13.1. The molecule has 0 bridgehead atoms. The zero-order valence-electron chi connectivity index (χ0n) is 10.8. The highest BCUT2D eigenvalue weighted by molar-refractivity contribution is 6.28. The summed E-state index contributed by atoms with van der Waals surface area (Å²) in [5, 5.41) is 3.53. The van der Waals surface area contributed by atoms with E-state index >= 15 is 0 Å². The van der Waals surface area contributed by atoms with Gasteiger partial charge in [-0.05, 0) is 37.3 Å². The molecule has 7 heteroatoms. The first kappa shape index (κ1) is 12.9. The minimum absolute atomic E-state index is 0.246. The van der Waals surface area contributed by atoms with Gasteiger partial charge in [0.1, 0.15) is 0 Å². The lowest BCUT2D eigenvalue weighted by Crippen LogP contribution is -2.31. The van der Waals surface area contributed by atoms with Crippen molar-refractivity contribution >= 4 is 23.5 Å². The van der Waals surface area contributed by atoms with Gasteiger partial charge in [0, 0.05) is 19.7 Å².